The van der Waals surface area contributed by atoms with Crippen LogP contribution in [0.3, 0.4) is 0 Å². The Bertz CT molecular complexity index is 926. The SMILES string of the molecule is CCCC(=O)NCCc1nc2ccccc2n1CCOc1c(C)cccc1C. The summed E-state index contributed by atoms with van der Waals surface area (Å²) in [6.07, 6.45) is 2.13. The summed E-state index contributed by atoms with van der Waals surface area (Å²) in [5, 5.41) is 2.98. The summed E-state index contributed by atoms with van der Waals surface area (Å²) in [5.74, 6) is 2.03. The number of carbonyl (C=O) groups excluding carboxylic acids is 1. The van der Waals surface area contributed by atoms with Gasteiger partial charge in [0.25, 0.3) is 0 Å². The molecule has 0 aliphatic heterocycles. The highest BCUT2D eigenvalue weighted by Crippen LogP contribution is 2.23. The lowest BCUT2D eigenvalue weighted by Crippen LogP contribution is -2.26. The quantitative estimate of drug-likeness (QED) is 0.606. The standard InChI is InChI=1S/C23H29N3O2/c1-4-8-22(27)24-14-13-21-25-19-11-5-6-12-20(19)26(21)15-16-28-23-17(2)9-7-10-18(23)3/h5-7,9-12H,4,8,13-16H2,1-3H3,(H,24,27). The first-order chi connectivity index (χ1) is 13.6. The van der Waals surface area contributed by atoms with Crippen molar-refractivity contribution in [2.24, 2.45) is 0 Å². The average molecular weight is 380 g/mol. The number of imidazole rings is 1. The van der Waals surface area contributed by atoms with Gasteiger partial charge in [-0.3, -0.25) is 4.79 Å². The molecule has 1 aromatic heterocycles. The van der Waals surface area contributed by atoms with Gasteiger partial charge >= 0.3 is 0 Å². The summed E-state index contributed by atoms with van der Waals surface area (Å²) in [7, 11) is 0. The number of carbonyl (C=O) groups is 1. The van der Waals surface area contributed by atoms with Crippen LogP contribution in [0.15, 0.2) is 42.5 Å². The number of hydrogen-bond donors (Lipinski definition) is 1. The highest BCUT2D eigenvalue weighted by molar-refractivity contribution is 5.76. The smallest absolute Gasteiger partial charge is 0.219 e. The minimum Gasteiger partial charge on any atom is -0.491 e. The van der Waals surface area contributed by atoms with Gasteiger partial charge in [0, 0.05) is 19.4 Å². The zero-order valence-corrected chi connectivity index (χ0v) is 17.0. The number of ether oxygens (including phenoxy) is 1. The maximum atomic E-state index is 11.7. The zero-order chi connectivity index (χ0) is 19.9. The molecule has 0 spiro atoms. The molecule has 3 rings (SSSR count). The molecule has 0 atom stereocenters. The first-order valence-corrected chi connectivity index (χ1v) is 10.00. The van der Waals surface area contributed by atoms with Crippen molar-refractivity contribution < 1.29 is 9.53 Å². The minimum absolute atomic E-state index is 0.100. The zero-order valence-electron chi connectivity index (χ0n) is 17.0. The van der Waals surface area contributed by atoms with Crippen LogP contribution in [0.4, 0.5) is 0 Å². The number of para-hydroxylation sites is 3. The van der Waals surface area contributed by atoms with Gasteiger partial charge in [0.15, 0.2) is 0 Å². The lowest BCUT2D eigenvalue weighted by molar-refractivity contribution is -0.121. The van der Waals surface area contributed by atoms with Gasteiger partial charge in [-0.15, -0.1) is 0 Å². The summed E-state index contributed by atoms with van der Waals surface area (Å²) in [6.45, 7) is 8.03. The molecule has 148 valence electrons. The number of nitrogens with one attached hydrogen (secondary N) is 1. The predicted octanol–water partition coefficient (Wildman–Crippen LogP) is 4.19. The largest absolute Gasteiger partial charge is 0.491 e. The summed E-state index contributed by atoms with van der Waals surface area (Å²) in [4.78, 5) is 16.5. The van der Waals surface area contributed by atoms with Gasteiger partial charge in [0.1, 0.15) is 18.2 Å². The number of benzene rings is 2. The molecule has 3 aromatic rings. The van der Waals surface area contributed by atoms with E-state index in [1.165, 1.54) is 0 Å². The maximum Gasteiger partial charge on any atom is 0.219 e. The maximum absolute atomic E-state index is 11.7. The highest BCUT2D eigenvalue weighted by atomic mass is 16.5. The van der Waals surface area contributed by atoms with Crippen molar-refractivity contribution in [3.05, 3.63) is 59.4 Å². The van der Waals surface area contributed by atoms with Crippen LogP contribution in [0.25, 0.3) is 11.0 Å². The molecule has 2 aromatic carbocycles. The van der Waals surface area contributed by atoms with Gasteiger partial charge in [-0.1, -0.05) is 37.3 Å². The number of rotatable bonds is 9. The third kappa shape index (κ3) is 4.71. The number of amides is 1. The fourth-order valence-electron chi connectivity index (χ4n) is 3.46. The van der Waals surface area contributed by atoms with E-state index >= 15 is 0 Å². The molecule has 28 heavy (non-hydrogen) atoms. The summed E-state index contributed by atoms with van der Waals surface area (Å²) < 4.78 is 8.30. The van der Waals surface area contributed by atoms with E-state index in [1.807, 2.05) is 31.2 Å². The summed E-state index contributed by atoms with van der Waals surface area (Å²) in [6, 6.07) is 14.3. The molecule has 1 heterocycles. The topological polar surface area (TPSA) is 56.2 Å². The Hall–Kier alpha value is -2.82. The van der Waals surface area contributed by atoms with E-state index in [9.17, 15) is 4.79 Å². The van der Waals surface area contributed by atoms with Crippen molar-refractivity contribution in [2.45, 2.75) is 46.6 Å². The second-order valence-electron chi connectivity index (χ2n) is 7.09. The molecule has 1 amide bonds. The van der Waals surface area contributed by atoms with Crippen LogP contribution in [-0.4, -0.2) is 28.6 Å². The Labute approximate surface area is 166 Å². The molecule has 0 fully saturated rings. The Morgan fingerprint density at radius 2 is 1.86 bits per heavy atom. The van der Waals surface area contributed by atoms with Crippen LogP contribution in [-0.2, 0) is 17.8 Å². The number of hydrogen-bond acceptors (Lipinski definition) is 3. The van der Waals surface area contributed by atoms with Gasteiger partial charge in [0.2, 0.25) is 5.91 Å². The van der Waals surface area contributed by atoms with E-state index in [2.05, 4.69) is 41.9 Å². The van der Waals surface area contributed by atoms with E-state index in [4.69, 9.17) is 9.72 Å². The summed E-state index contributed by atoms with van der Waals surface area (Å²) in [5.41, 5.74) is 4.37. The lowest BCUT2D eigenvalue weighted by atomic mass is 10.1. The first kappa shape index (κ1) is 19.9. The van der Waals surface area contributed by atoms with Crippen LogP contribution < -0.4 is 10.1 Å². The molecule has 5 heteroatoms. The Balaban J connectivity index is 1.71. The fourth-order valence-corrected chi connectivity index (χ4v) is 3.46. The molecular weight excluding hydrogens is 350 g/mol. The van der Waals surface area contributed by atoms with Crippen molar-refractivity contribution in [1.29, 1.82) is 0 Å². The van der Waals surface area contributed by atoms with E-state index < -0.39 is 0 Å². The number of aromatic nitrogens is 2. The Morgan fingerprint density at radius 3 is 2.61 bits per heavy atom. The highest BCUT2D eigenvalue weighted by Gasteiger charge is 2.11. The molecular formula is C23H29N3O2. The van der Waals surface area contributed by atoms with E-state index in [-0.39, 0.29) is 5.91 Å². The average Bonchev–Trinajstić information content (AvgIpc) is 3.02. The van der Waals surface area contributed by atoms with Crippen LogP contribution in [0.1, 0.15) is 36.7 Å². The van der Waals surface area contributed by atoms with Crippen molar-refractivity contribution in [1.82, 2.24) is 14.9 Å². The molecule has 0 saturated carbocycles. The van der Waals surface area contributed by atoms with Gasteiger partial charge < -0.3 is 14.6 Å². The molecule has 0 aliphatic carbocycles. The second kappa shape index (κ2) is 9.40. The van der Waals surface area contributed by atoms with Crippen molar-refractivity contribution >= 4 is 16.9 Å². The second-order valence-corrected chi connectivity index (χ2v) is 7.09. The third-order valence-electron chi connectivity index (χ3n) is 4.85. The number of aryl methyl sites for hydroxylation is 2. The van der Waals surface area contributed by atoms with Gasteiger partial charge in [0.05, 0.1) is 17.6 Å². The van der Waals surface area contributed by atoms with Gasteiger partial charge in [-0.25, -0.2) is 4.98 Å². The predicted molar refractivity (Wildman–Crippen MR) is 113 cm³/mol. The monoisotopic (exact) mass is 379 g/mol. The molecule has 0 saturated heterocycles. The normalized spacial score (nSPS) is 11.0. The Kier molecular flexibility index (Phi) is 6.69. The van der Waals surface area contributed by atoms with E-state index in [1.54, 1.807) is 0 Å². The fraction of sp³-hybridized carbons (Fsp3) is 0.391. The van der Waals surface area contributed by atoms with Crippen LogP contribution in [0, 0.1) is 13.8 Å². The van der Waals surface area contributed by atoms with Crippen molar-refractivity contribution in [3.63, 3.8) is 0 Å². The van der Waals surface area contributed by atoms with Crippen molar-refractivity contribution in [3.8, 4) is 5.75 Å². The lowest BCUT2D eigenvalue weighted by Gasteiger charge is -2.14. The first-order valence-electron chi connectivity index (χ1n) is 10.00. The molecule has 0 aliphatic rings. The number of nitrogens with zero attached hydrogens (tertiary/aromatic N) is 2. The number of fused-ring (bicyclic) bond motifs is 1. The molecule has 0 radical (unpaired) electrons. The third-order valence-corrected chi connectivity index (χ3v) is 4.85. The van der Waals surface area contributed by atoms with Gasteiger partial charge in [-0.05, 0) is 43.5 Å². The van der Waals surface area contributed by atoms with Crippen LogP contribution in [0.5, 0.6) is 5.75 Å². The molecule has 0 unspecified atom stereocenters. The molecule has 0 bridgehead atoms. The molecule has 5 nitrogen and oxygen atoms in total. The van der Waals surface area contributed by atoms with Crippen molar-refractivity contribution in [2.75, 3.05) is 13.2 Å². The van der Waals surface area contributed by atoms with Gasteiger partial charge in [-0.2, -0.15) is 0 Å². The Morgan fingerprint density at radius 1 is 1.11 bits per heavy atom. The van der Waals surface area contributed by atoms with E-state index in [0.29, 0.717) is 32.5 Å². The van der Waals surface area contributed by atoms with Crippen LogP contribution in [0.2, 0.25) is 0 Å². The minimum atomic E-state index is 0.100. The van der Waals surface area contributed by atoms with Crippen LogP contribution >= 0.6 is 0 Å². The summed E-state index contributed by atoms with van der Waals surface area (Å²) >= 11 is 0. The van der Waals surface area contributed by atoms with E-state index in [0.717, 1.165) is 40.2 Å². The molecule has 1 N–H and O–H groups in total.